The van der Waals surface area contributed by atoms with Crippen LogP contribution in [-0.4, -0.2) is 50.6 Å². The van der Waals surface area contributed by atoms with Gasteiger partial charge in [-0.2, -0.15) is 0 Å². The van der Waals surface area contributed by atoms with Gasteiger partial charge in [-0.15, -0.1) is 0 Å². The van der Waals surface area contributed by atoms with Crippen molar-refractivity contribution >= 4 is 11.8 Å². The molecule has 1 aromatic heterocycles. The minimum Gasteiger partial charge on any atom is -0.444 e. The fraction of sp³-hybridized carbons (Fsp3) is 0.647. The summed E-state index contributed by atoms with van der Waals surface area (Å²) in [6.07, 6.45) is 7.80. The van der Waals surface area contributed by atoms with Crippen LogP contribution in [0.15, 0.2) is 23.7 Å². The Balaban J connectivity index is 1.94. The van der Waals surface area contributed by atoms with Gasteiger partial charge in [0.25, 0.3) is 0 Å². The third kappa shape index (κ3) is 4.66. The van der Waals surface area contributed by atoms with E-state index in [9.17, 15) is 10.0 Å². The summed E-state index contributed by atoms with van der Waals surface area (Å²) in [6.45, 7) is 5.58. The molecule has 0 unspecified atom stereocenters. The number of hydrogen-bond donors (Lipinski definition) is 1. The highest BCUT2D eigenvalue weighted by Gasteiger charge is 2.32. The minimum atomic E-state index is -0.495. The maximum absolute atomic E-state index is 12.2. The van der Waals surface area contributed by atoms with Gasteiger partial charge in [0.15, 0.2) is 0 Å². The zero-order valence-corrected chi connectivity index (χ0v) is 14.8. The van der Waals surface area contributed by atoms with Gasteiger partial charge in [-0.25, -0.2) is 4.79 Å². The van der Waals surface area contributed by atoms with Gasteiger partial charge < -0.3 is 14.8 Å². The summed E-state index contributed by atoms with van der Waals surface area (Å²) >= 11 is 0. The van der Waals surface area contributed by atoms with Crippen LogP contribution >= 0.6 is 0 Å². The van der Waals surface area contributed by atoms with E-state index in [1.165, 1.54) is 0 Å². The molecular formula is C17H26N4O3. The molecule has 1 aliphatic rings. The first-order valence-corrected chi connectivity index (χ1v) is 8.26. The quantitative estimate of drug-likeness (QED) is 0.521. The van der Waals surface area contributed by atoms with Crippen LogP contribution in [0.5, 0.6) is 0 Å². The largest absolute Gasteiger partial charge is 0.444 e. The van der Waals surface area contributed by atoms with Crippen molar-refractivity contribution in [3.63, 3.8) is 0 Å². The SMILES string of the molecule is CN(C(=O)OC(C)(C)C)C1CCC(/C(=N/O)c2cnccn2)CC1. The van der Waals surface area contributed by atoms with Gasteiger partial charge in [-0.1, -0.05) is 5.16 Å². The molecule has 0 saturated heterocycles. The molecule has 0 aliphatic heterocycles. The predicted molar refractivity (Wildman–Crippen MR) is 90.1 cm³/mol. The first kappa shape index (κ1) is 18.2. The molecule has 1 saturated carbocycles. The van der Waals surface area contributed by atoms with Crippen LogP contribution in [-0.2, 0) is 4.74 Å². The highest BCUT2D eigenvalue weighted by molar-refractivity contribution is 6.00. The fourth-order valence-corrected chi connectivity index (χ4v) is 2.99. The number of rotatable bonds is 3. The molecule has 7 heteroatoms. The van der Waals surface area contributed by atoms with Crippen LogP contribution in [0.3, 0.4) is 0 Å². The van der Waals surface area contributed by atoms with Crippen LogP contribution in [0, 0.1) is 5.92 Å². The number of oxime groups is 1. The second-order valence-electron chi connectivity index (χ2n) is 7.17. The number of hydrogen-bond acceptors (Lipinski definition) is 6. The van der Waals surface area contributed by atoms with Gasteiger partial charge in [-0.3, -0.25) is 9.97 Å². The zero-order chi connectivity index (χ0) is 17.7. The van der Waals surface area contributed by atoms with Crippen molar-refractivity contribution in [2.45, 2.75) is 58.1 Å². The lowest BCUT2D eigenvalue weighted by Crippen LogP contribution is -2.43. The molecule has 1 aliphatic carbocycles. The van der Waals surface area contributed by atoms with Crippen LogP contribution < -0.4 is 0 Å². The summed E-state index contributed by atoms with van der Waals surface area (Å²) < 4.78 is 5.42. The molecule has 1 fully saturated rings. The minimum absolute atomic E-state index is 0.120. The van der Waals surface area contributed by atoms with Gasteiger partial charge in [0.2, 0.25) is 0 Å². The van der Waals surface area contributed by atoms with E-state index < -0.39 is 5.60 Å². The monoisotopic (exact) mass is 334 g/mol. The van der Waals surface area contributed by atoms with Crippen LogP contribution in [0.1, 0.15) is 52.1 Å². The molecule has 0 aromatic carbocycles. The lowest BCUT2D eigenvalue weighted by molar-refractivity contribution is 0.0181. The van der Waals surface area contributed by atoms with E-state index in [4.69, 9.17) is 4.74 Å². The summed E-state index contributed by atoms with van der Waals surface area (Å²) in [5.41, 5.74) is 0.677. The van der Waals surface area contributed by atoms with Crippen molar-refractivity contribution in [2.24, 2.45) is 11.1 Å². The Morgan fingerprint density at radius 3 is 2.46 bits per heavy atom. The molecule has 0 bridgehead atoms. The predicted octanol–water partition coefficient (Wildman–Crippen LogP) is 3.08. The van der Waals surface area contributed by atoms with Gasteiger partial charge in [0.1, 0.15) is 17.0 Å². The van der Waals surface area contributed by atoms with Crippen molar-refractivity contribution in [1.29, 1.82) is 0 Å². The van der Waals surface area contributed by atoms with Crippen molar-refractivity contribution in [3.8, 4) is 0 Å². The molecule has 24 heavy (non-hydrogen) atoms. The number of nitrogens with zero attached hydrogens (tertiary/aromatic N) is 4. The van der Waals surface area contributed by atoms with E-state index >= 15 is 0 Å². The van der Waals surface area contributed by atoms with Gasteiger partial charge in [0, 0.05) is 31.4 Å². The van der Waals surface area contributed by atoms with E-state index in [1.54, 1.807) is 30.5 Å². The Morgan fingerprint density at radius 2 is 1.96 bits per heavy atom. The number of carbonyl (C=O) groups is 1. The average Bonchev–Trinajstić information content (AvgIpc) is 2.55. The molecule has 0 spiro atoms. The summed E-state index contributed by atoms with van der Waals surface area (Å²) in [5, 5.41) is 12.8. The number of carbonyl (C=O) groups excluding carboxylic acids is 1. The van der Waals surface area contributed by atoms with Crippen LogP contribution in [0.25, 0.3) is 0 Å². The first-order valence-electron chi connectivity index (χ1n) is 8.26. The summed E-state index contributed by atoms with van der Waals surface area (Å²) in [5.74, 6) is 0.120. The van der Waals surface area contributed by atoms with Gasteiger partial charge >= 0.3 is 6.09 Å². The number of amides is 1. The van der Waals surface area contributed by atoms with Crippen molar-refractivity contribution < 1.29 is 14.7 Å². The summed E-state index contributed by atoms with van der Waals surface area (Å²) in [4.78, 5) is 22.1. The molecule has 2 rings (SSSR count). The molecule has 1 amide bonds. The number of aromatic nitrogens is 2. The molecule has 0 atom stereocenters. The third-order valence-corrected chi connectivity index (χ3v) is 4.25. The standard InChI is InChI=1S/C17H26N4O3/c1-17(2,3)24-16(22)21(4)13-7-5-12(6-8-13)15(20-23)14-11-18-9-10-19-14/h9-13,23H,5-8H2,1-4H3/b20-15-. The molecular weight excluding hydrogens is 308 g/mol. The molecule has 1 aromatic rings. The highest BCUT2D eigenvalue weighted by Crippen LogP contribution is 2.30. The Hall–Kier alpha value is -2.18. The fourth-order valence-electron chi connectivity index (χ4n) is 2.99. The maximum Gasteiger partial charge on any atom is 0.410 e. The van der Waals surface area contributed by atoms with E-state index in [1.807, 2.05) is 20.8 Å². The Labute approximate surface area is 142 Å². The van der Waals surface area contributed by atoms with E-state index in [-0.39, 0.29) is 18.1 Å². The first-order chi connectivity index (χ1) is 11.3. The summed E-state index contributed by atoms with van der Waals surface area (Å²) in [6, 6.07) is 0.137. The van der Waals surface area contributed by atoms with Crippen molar-refractivity contribution in [3.05, 3.63) is 24.3 Å². The van der Waals surface area contributed by atoms with Gasteiger partial charge in [-0.05, 0) is 46.5 Å². The van der Waals surface area contributed by atoms with E-state index in [2.05, 4.69) is 15.1 Å². The normalized spacial score (nSPS) is 22.1. The topological polar surface area (TPSA) is 87.9 Å². The molecule has 132 valence electrons. The van der Waals surface area contributed by atoms with E-state index in [0.29, 0.717) is 11.4 Å². The lowest BCUT2D eigenvalue weighted by atomic mass is 9.82. The third-order valence-electron chi connectivity index (χ3n) is 4.25. The van der Waals surface area contributed by atoms with Crippen LogP contribution in [0.2, 0.25) is 0 Å². The van der Waals surface area contributed by atoms with E-state index in [0.717, 1.165) is 25.7 Å². The lowest BCUT2D eigenvalue weighted by Gasteiger charge is -2.35. The Bertz CT molecular complexity index is 575. The zero-order valence-electron chi connectivity index (χ0n) is 14.8. The smallest absolute Gasteiger partial charge is 0.410 e. The molecule has 1 N–H and O–H groups in total. The molecule has 7 nitrogen and oxygen atoms in total. The van der Waals surface area contributed by atoms with Crippen LogP contribution in [0.4, 0.5) is 4.79 Å². The number of ether oxygens (including phenoxy) is 1. The van der Waals surface area contributed by atoms with Crippen molar-refractivity contribution in [2.75, 3.05) is 7.05 Å². The molecule has 1 heterocycles. The highest BCUT2D eigenvalue weighted by atomic mass is 16.6. The summed E-state index contributed by atoms with van der Waals surface area (Å²) in [7, 11) is 1.78. The average molecular weight is 334 g/mol. The second kappa shape index (κ2) is 7.59. The molecule has 0 radical (unpaired) electrons. The van der Waals surface area contributed by atoms with Gasteiger partial charge in [0.05, 0.1) is 6.20 Å². The Morgan fingerprint density at radius 1 is 1.29 bits per heavy atom. The second-order valence-corrected chi connectivity index (χ2v) is 7.17. The van der Waals surface area contributed by atoms with Crippen molar-refractivity contribution in [1.82, 2.24) is 14.9 Å². The maximum atomic E-state index is 12.2. The Kier molecular flexibility index (Phi) is 5.75.